The second kappa shape index (κ2) is 7.07. The molecule has 0 amide bonds. The fourth-order valence-electron chi connectivity index (χ4n) is 2.18. The van der Waals surface area contributed by atoms with Gasteiger partial charge in [0.05, 0.1) is 13.2 Å². The molecular formula is C13H26N2O3. The van der Waals surface area contributed by atoms with Crippen LogP contribution in [0.25, 0.3) is 0 Å². The summed E-state index contributed by atoms with van der Waals surface area (Å²) in [7, 11) is 5.66. The first-order chi connectivity index (χ1) is 8.56. The maximum atomic E-state index is 12.2. The second-order valence-electron chi connectivity index (χ2n) is 5.13. The summed E-state index contributed by atoms with van der Waals surface area (Å²) >= 11 is 0. The summed E-state index contributed by atoms with van der Waals surface area (Å²) in [5.74, 6) is 0.173. The molecule has 0 aromatic carbocycles. The Morgan fingerprint density at radius 3 is 2.56 bits per heavy atom. The van der Waals surface area contributed by atoms with E-state index < -0.39 is 5.54 Å². The van der Waals surface area contributed by atoms with Crippen LogP contribution in [0.15, 0.2) is 0 Å². The van der Waals surface area contributed by atoms with E-state index in [4.69, 9.17) is 9.47 Å². The molecule has 1 aliphatic rings. The van der Waals surface area contributed by atoms with Gasteiger partial charge in [-0.15, -0.1) is 0 Å². The smallest absolute Gasteiger partial charge is 0.329 e. The SMILES string of the molecule is CCOC(=O)C(COC)(NCCN(C)C)C1CC1. The third-order valence-corrected chi connectivity index (χ3v) is 3.29. The molecule has 0 heterocycles. The zero-order valence-electron chi connectivity index (χ0n) is 12.0. The molecule has 1 aliphatic carbocycles. The third-order valence-electron chi connectivity index (χ3n) is 3.29. The van der Waals surface area contributed by atoms with Crippen molar-refractivity contribution < 1.29 is 14.3 Å². The van der Waals surface area contributed by atoms with Gasteiger partial charge < -0.3 is 14.4 Å². The van der Waals surface area contributed by atoms with Crippen LogP contribution in [0.5, 0.6) is 0 Å². The molecule has 106 valence electrons. The van der Waals surface area contributed by atoms with E-state index in [1.165, 1.54) is 0 Å². The van der Waals surface area contributed by atoms with Gasteiger partial charge in [-0.1, -0.05) is 0 Å². The van der Waals surface area contributed by atoms with E-state index in [2.05, 4.69) is 10.2 Å². The predicted molar refractivity (Wildman–Crippen MR) is 70.5 cm³/mol. The molecule has 0 aromatic heterocycles. The zero-order chi connectivity index (χ0) is 13.6. The predicted octanol–water partition coefficient (Wildman–Crippen LogP) is 0.496. The van der Waals surface area contributed by atoms with E-state index in [1.54, 1.807) is 7.11 Å². The molecule has 0 aromatic rings. The average molecular weight is 258 g/mol. The number of nitrogens with zero attached hydrogens (tertiary/aromatic N) is 1. The van der Waals surface area contributed by atoms with Crippen LogP contribution < -0.4 is 5.32 Å². The van der Waals surface area contributed by atoms with Crippen LogP contribution in [-0.2, 0) is 14.3 Å². The highest BCUT2D eigenvalue weighted by atomic mass is 16.5. The first-order valence-electron chi connectivity index (χ1n) is 6.62. The van der Waals surface area contributed by atoms with E-state index >= 15 is 0 Å². The lowest BCUT2D eigenvalue weighted by Crippen LogP contribution is -2.59. The summed E-state index contributed by atoms with van der Waals surface area (Å²) in [6.45, 7) is 4.27. The topological polar surface area (TPSA) is 50.8 Å². The van der Waals surface area contributed by atoms with Crippen molar-refractivity contribution in [2.75, 3.05) is 47.5 Å². The quantitative estimate of drug-likeness (QED) is 0.610. The molecular weight excluding hydrogens is 232 g/mol. The van der Waals surface area contributed by atoms with Crippen molar-refractivity contribution in [2.45, 2.75) is 25.3 Å². The van der Waals surface area contributed by atoms with Crippen molar-refractivity contribution >= 4 is 5.97 Å². The van der Waals surface area contributed by atoms with Crippen LogP contribution in [-0.4, -0.2) is 63.9 Å². The Balaban J connectivity index is 2.67. The molecule has 1 saturated carbocycles. The number of ether oxygens (including phenoxy) is 2. The summed E-state index contributed by atoms with van der Waals surface area (Å²) in [4.78, 5) is 14.3. The Kier molecular flexibility index (Phi) is 6.05. The molecule has 1 atom stereocenters. The van der Waals surface area contributed by atoms with Gasteiger partial charge in [0.2, 0.25) is 0 Å². The van der Waals surface area contributed by atoms with E-state index in [0.717, 1.165) is 25.9 Å². The highest BCUT2D eigenvalue weighted by Gasteiger charge is 2.51. The molecule has 5 nitrogen and oxygen atoms in total. The molecule has 0 radical (unpaired) electrons. The van der Waals surface area contributed by atoms with Gasteiger partial charge in [-0.3, -0.25) is 5.32 Å². The average Bonchev–Trinajstić information content (AvgIpc) is 3.11. The number of carbonyl (C=O) groups excluding carboxylic acids is 1. The Morgan fingerprint density at radius 2 is 2.11 bits per heavy atom. The maximum Gasteiger partial charge on any atom is 0.329 e. The van der Waals surface area contributed by atoms with Crippen molar-refractivity contribution in [2.24, 2.45) is 5.92 Å². The van der Waals surface area contributed by atoms with Gasteiger partial charge in [0.25, 0.3) is 0 Å². The van der Waals surface area contributed by atoms with Crippen LogP contribution in [0, 0.1) is 5.92 Å². The van der Waals surface area contributed by atoms with Crippen molar-refractivity contribution in [3.8, 4) is 0 Å². The van der Waals surface area contributed by atoms with E-state index in [0.29, 0.717) is 19.1 Å². The molecule has 5 heteroatoms. The van der Waals surface area contributed by atoms with E-state index in [-0.39, 0.29) is 5.97 Å². The largest absolute Gasteiger partial charge is 0.465 e. The first kappa shape index (κ1) is 15.4. The lowest BCUT2D eigenvalue weighted by molar-refractivity contribution is -0.155. The number of methoxy groups -OCH3 is 1. The minimum absolute atomic E-state index is 0.173. The highest BCUT2D eigenvalue weighted by Crippen LogP contribution is 2.40. The van der Waals surface area contributed by atoms with Crippen LogP contribution in [0.3, 0.4) is 0 Å². The van der Waals surface area contributed by atoms with Crippen molar-refractivity contribution in [3.05, 3.63) is 0 Å². The van der Waals surface area contributed by atoms with Crippen LogP contribution >= 0.6 is 0 Å². The number of esters is 1. The molecule has 0 spiro atoms. The molecule has 1 unspecified atom stereocenters. The van der Waals surface area contributed by atoms with Crippen molar-refractivity contribution in [1.29, 1.82) is 0 Å². The Hall–Kier alpha value is -0.650. The first-order valence-corrected chi connectivity index (χ1v) is 6.62. The molecule has 0 bridgehead atoms. The highest BCUT2D eigenvalue weighted by molar-refractivity contribution is 5.82. The van der Waals surface area contributed by atoms with Gasteiger partial charge in [0.15, 0.2) is 0 Å². The standard InChI is InChI=1S/C13H26N2O3/c1-5-18-12(16)13(10-17-4,11-6-7-11)14-8-9-15(2)3/h11,14H,5-10H2,1-4H3. The van der Waals surface area contributed by atoms with Gasteiger partial charge in [0, 0.05) is 20.2 Å². The van der Waals surface area contributed by atoms with Gasteiger partial charge in [-0.05, 0) is 39.8 Å². The van der Waals surface area contributed by atoms with E-state index in [1.807, 2.05) is 21.0 Å². The lowest BCUT2D eigenvalue weighted by atomic mass is 9.94. The molecule has 1 fully saturated rings. The number of carbonyl (C=O) groups is 1. The Morgan fingerprint density at radius 1 is 1.44 bits per heavy atom. The van der Waals surface area contributed by atoms with Crippen LogP contribution in [0.4, 0.5) is 0 Å². The minimum atomic E-state index is -0.652. The summed E-state index contributed by atoms with van der Waals surface area (Å²) < 4.78 is 10.5. The van der Waals surface area contributed by atoms with Crippen LogP contribution in [0.1, 0.15) is 19.8 Å². The Labute approximate surface area is 110 Å². The fraction of sp³-hybridized carbons (Fsp3) is 0.923. The monoisotopic (exact) mass is 258 g/mol. The summed E-state index contributed by atoms with van der Waals surface area (Å²) in [5.41, 5.74) is -0.652. The molecule has 0 saturated heterocycles. The minimum Gasteiger partial charge on any atom is -0.465 e. The number of hydrogen-bond acceptors (Lipinski definition) is 5. The summed E-state index contributed by atoms with van der Waals surface area (Å²) in [6.07, 6.45) is 2.13. The number of hydrogen-bond donors (Lipinski definition) is 1. The molecule has 1 N–H and O–H groups in total. The normalized spacial score (nSPS) is 18.7. The second-order valence-corrected chi connectivity index (χ2v) is 5.13. The molecule has 0 aliphatic heterocycles. The van der Waals surface area contributed by atoms with Gasteiger partial charge >= 0.3 is 5.97 Å². The molecule has 1 rings (SSSR count). The lowest BCUT2D eigenvalue weighted by Gasteiger charge is -2.32. The van der Waals surface area contributed by atoms with Gasteiger partial charge in [-0.2, -0.15) is 0 Å². The Bertz CT molecular complexity index is 267. The van der Waals surface area contributed by atoms with Gasteiger partial charge in [-0.25, -0.2) is 4.79 Å². The van der Waals surface area contributed by atoms with Crippen molar-refractivity contribution in [1.82, 2.24) is 10.2 Å². The zero-order valence-corrected chi connectivity index (χ0v) is 12.0. The number of likely N-dealkylation sites (N-methyl/N-ethyl adjacent to an activating group) is 1. The molecule has 18 heavy (non-hydrogen) atoms. The van der Waals surface area contributed by atoms with Crippen LogP contribution in [0.2, 0.25) is 0 Å². The van der Waals surface area contributed by atoms with Gasteiger partial charge in [0.1, 0.15) is 5.54 Å². The fourth-order valence-corrected chi connectivity index (χ4v) is 2.18. The summed E-state index contributed by atoms with van der Waals surface area (Å²) in [6, 6.07) is 0. The maximum absolute atomic E-state index is 12.2. The number of nitrogens with one attached hydrogen (secondary N) is 1. The third kappa shape index (κ3) is 3.93. The summed E-state index contributed by atoms with van der Waals surface area (Å²) in [5, 5.41) is 3.37. The van der Waals surface area contributed by atoms with Crippen molar-refractivity contribution in [3.63, 3.8) is 0 Å². The number of rotatable bonds is 9. The van der Waals surface area contributed by atoms with E-state index in [9.17, 15) is 4.79 Å².